The van der Waals surface area contributed by atoms with Crippen LogP contribution >= 0.6 is 0 Å². The molecule has 0 spiro atoms. The largest absolute Gasteiger partial charge is 0.479 e. The van der Waals surface area contributed by atoms with Crippen LogP contribution < -0.4 is 0 Å². The van der Waals surface area contributed by atoms with E-state index in [4.69, 9.17) is 58.0 Å². The molecule has 0 radical (unpaired) electrons. The Kier molecular flexibility index (Phi) is 27.3. The number of likely N-dealkylation sites (N-methyl/N-ethyl adjacent to an activating group) is 1. The molecular weight excluding hydrogens is 1020 g/mol. The Labute approximate surface area is 441 Å². The summed E-state index contributed by atoms with van der Waals surface area (Å²) in [4.78, 5) is 49.1. The van der Waals surface area contributed by atoms with Crippen LogP contribution in [0.25, 0.3) is 0 Å². The molecule has 4 heterocycles. The Morgan fingerprint density at radius 2 is 1.54 bits per heavy atom. The van der Waals surface area contributed by atoms with Gasteiger partial charge in [0.1, 0.15) is 79.0 Å². The van der Waals surface area contributed by atoms with Crippen LogP contribution in [-0.4, -0.2) is 270 Å². The number of allylic oxidation sites excluding steroid dienone is 2. The number of nitrogens with zero attached hydrogens (tertiary/aromatic N) is 1. The van der Waals surface area contributed by atoms with Gasteiger partial charge in [-0.25, -0.2) is 4.79 Å². The summed E-state index contributed by atoms with van der Waals surface area (Å²) in [6.45, 7) is 7.98. The average Bonchev–Trinajstić information content (AvgIpc) is 3.34. The average molecular weight is 1100 g/mol. The topological polar surface area (TPSA) is 418 Å². The molecule has 4 aliphatic rings. The molecule has 76 heavy (non-hydrogen) atoms. The van der Waals surface area contributed by atoms with Crippen LogP contribution in [0, 0.1) is 11.8 Å². The lowest BCUT2D eigenvalue weighted by molar-refractivity contribution is -0.344. The van der Waals surface area contributed by atoms with E-state index in [9.17, 15) is 70.2 Å². The quantitative estimate of drug-likeness (QED) is 0.0485. The monoisotopic (exact) mass is 1100 g/mol. The fourth-order valence-electron chi connectivity index (χ4n) is 9.59. The summed E-state index contributed by atoms with van der Waals surface area (Å²) < 4.78 is 51.8. The van der Waals surface area contributed by atoms with Crippen LogP contribution in [0.2, 0.25) is 0 Å². The van der Waals surface area contributed by atoms with Crippen LogP contribution in [0.1, 0.15) is 73.6 Å². The zero-order valence-electron chi connectivity index (χ0n) is 44.3. The number of carboxylic acid groups (broad SMARTS) is 1. The molecule has 0 aliphatic carbocycles. The second kappa shape index (κ2) is 30.9. The lowest BCUT2D eigenvalue weighted by Crippen LogP contribution is -2.66. The molecule has 440 valence electrons. The van der Waals surface area contributed by atoms with Gasteiger partial charge in [-0.1, -0.05) is 31.2 Å². The Bertz CT molecular complexity index is 1840. The minimum atomic E-state index is -2.39. The van der Waals surface area contributed by atoms with Crippen LogP contribution in [0.15, 0.2) is 24.3 Å². The number of carbonyl (C=O) groups excluding carboxylic acids is 3. The van der Waals surface area contributed by atoms with E-state index in [1.807, 2.05) is 13.0 Å². The molecule has 27 heteroatoms. The van der Waals surface area contributed by atoms with E-state index in [0.29, 0.717) is 12.7 Å². The summed E-state index contributed by atoms with van der Waals surface area (Å²) in [5.74, 6) is -4.07. The van der Waals surface area contributed by atoms with Crippen molar-refractivity contribution in [2.75, 3.05) is 34.4 Å². The Balaban J connectivity index is 0.000000529. The molecule has 0 amide bonds. The molecule has 27 nitrogen and oxygen atoms in total. The molecule has 0 saturated carbocycles. The highest BCUT2D eigenvalue weighted by molar-refractivity contribution is 5.72. The molecule has 0 aromatic carbocycles. The maximum Gasteiger partial charge on any atom is 0.335 e. The third-order valence-corrected chi connectivity index (χ3v) is 13.7. The van der Waals surface area contributed by atoms with Crippen molar-refractivity contribution in [3.63, 3.8) is 0 Å². The van der Waals surface area contributed by atoms with E-state index in [0.717, 1.165) is 0 Å². The Morgan fingerprint density at radius 1 is 0.882 bits per heavy atom. The second-order valence-corrected chi connectivity index (χ2v) is 20.2. The van der Waals surface area contributed by atoms with Gasteiger partial charge >= 0.3 is 17.9 Å². The molecule has 25 atom stereocenters. The van der Waals surface area contributed by atoms with E-state index in [-0.39, 0.29) is 25.2 Å². The number of esters is 2. The van der Waals surface area contributed by atoms with Gasteiger partial charge in [0.05, 0.1) is 56.2 Å². The molecule has 3 fully saturated rings. The Hall–Kier alpha value is -3.24. The maximum absolute atomic E-state index is 12.9. The number of aliphatic hydroxyl groups is 12. The first-order chi connectivity index (χ1) is 35.5. The number of ether oxygens (including phenoxy) is 9. The van der Waals surface area contributed by atoms with Gasteiger partial charge in [0.15, 0.2) is 31.1 Å². The second-order valence-electron chi connectivity index (χ2n) is 20.2. The highest BCUT2D eigenvalue weighted by Crippen LogP contribution is 2.38. The van der Waals surface area contributed by atoms with E-state index in [2.05, 4.69) is 0 Å². The third-order valence-electron chi connectivity index (χ3n) is 13.7. The van der Waals surface area contributed by atoms with Crippen molar-refractivity contribution in [1.29, 1.82) is 0 Å². The van der Waals surface area contributed by atoms with Crippen molar-refractivity contribution < 1.29 is 128 Å². The molecule has 3 saturated heterocycles. The van der Waals surface area contributed by atoms with Crippen molar-refractivity contribution >= 4 is 24.2 Å². The number of hydrogen-bond donors (Lipinski definition) is 13. The van der Waals surface area contributed by atoms with Crippen molar-refractivity contribution in [3.05, 3.63) is 24.3 Å². The number of cyclic esters (lactones) is 1. The summed E-state index contributed by atoms with van der Waals surface area (Å²) in [5, 5.41) is 130. The number of rotatable bonds is 17. The first kappa shape index (κ1) is 67.0. The number of methoxy groups -OCH3 is 1. The molecule has 4 rings (SSSR count). The molecular formula is C49H83NO26. The summed E-state index contributed by atoms with van der Waals surface area (Å²) in [7, 11) is 4.84. The minimum absolute atomic E-state index is 0.0335. The van der Waals surface area contributed by atoms with E-state index in [1.165, 1.54) is 21.0 Å². The van der Waals surface area contributed by atoms with Gasteiger partial charge in [0.2, 0.25) is 0 Å². The summed E-state index contributed by atoms with van der Waals surface area (Å²) >= 11 is 0. The van der Waals surface area contributed by atoms with E-state index in [1.54, 1.807) is 58.0 Å². The van der Waals surface area contributed by atoms with Gasteiger partial charge in [-0.15, -0.1) is 0 Å². The van der Waals surface area contributed by atoms with Crippen molar-refractivity contribution in [2.24, 2.45) is 11.8 Å². The van der Waals surface area contributed by atoms with Crippen molar-refractivity contribution in [3.8, 4) is 0 Å². The van der Waals surface area contributed by atoms with Gasteiger partial charge in [-0.3, -0.25) is 9.59 Å². The first-order valence-corrected chi connectivity index (χ1v) is 25.1. The van der Waals surface area contributed by atoms with Crippen molar-refractivity contribution in [1.82, 2.24) is 4.90 Å². The van der Waals surface area contributed by atoms with Gasteiger partial charge in [-0.2, -0.15) is 0 Å². The smallest absolute Gasteiger partial charge is 0.335 e. The number of carboxylic acids is 1. The maximum atomic E-state index is 12.9. The van der Waals surface area contributed by atoms with Crippen molar-refractivity contribution in [2.45, 2.75) is 214 Å². The molecule has 0 aromatic heterocycles. The zero-order chi connectivity index (χ0) is 57.5. The fraction of sp³-hybridized carbons (Fsp3) is 0.837. The normalized spacial score (nSPS) is 41.5. The minimum Gasteiger partial charge on any atom is -0.479 e. The lowest BCUT2D eigenvalue weighted by Gasteiger charge is -2.50. The van der Waals surface area contributed by atoms with Gasteiger partial charge < -0.3 is 119 Å². The van der Waals surface area contributed by atoms with E-state index < -0.39 is 184 Å². The lowest BCUT2D eigenvalue weighted by atomic mass is 9.82. The molecule has 1 unspecified atom stereocenters. The highest BCUT2D eigenvalue weighted by atomic mass is 16.7. The SMILES string of the molecule is CO[C@@H]1[C@@H](OC2O[C@H](C)[C@@H](O[C@H]3C[C@@](C)(O)[C@@H](OC(C)=O)[C@H](C)O3)[C@H](N(C)C)[C@H]2O)[C@@H](CC=O)C[C@@H](C)[C@@H](O)/C=C/C=C/C[C@@H](C)OC(=O)C[C@@H]1O.O=C(O)[C@H](O)[C@@H](O)[C@H](O[C@@H]1O[C@H](CO)[C@H](O)[C@H](O)[C@H]1O)[C@H](O)CO. The predicted octanol–water partition coefficient (Wildman–Crippen LogP) is -4.25. The number of aldehydes is 1. The number of aliphatic hydroxyl groups excluding tert-OH is 11. The number of hydrogen-bond acceptors (Lipinski definition) is 26. The summed E-state index contributed by atoms with van der Waals surface area (Å²) in [6, 6.07) is -0.749. The van der Waals surface area contributed by atoms with Gasteiger partial charge in [0, 0.05) is 33.3 Å². The number of carbonyl (C=O) groups is 4. The van der Waals surface area contributed by atoms with E-state index >= 15 is 0 Å². The first-order valence-electron chi connectivity index (χ1n) is 25.1. The third kappa shape index (κ3) is 18.4. The molecule has 4 aliphatic heterocycles. The van der Waals surface area contributed by atoms with Gasteiger partial charge in [0.25, 0.3) is 0 Å². The van der Waals surface area contributed by atoms with Crippen LogP contribution in [0.5, 0.6) is 0 Å². The van der Waals surface area contributed by atoms with Gasteiger partial charge in [-0.05, 0) is 60.0 Å². The standard InChI is InChI=1S/C37H61NO14.C12H22O12/c1-20-17-25(15-16-39)33(34(46-9)27(42)18-28(43)47-21(2)13-11-10-12-14-26(20)41)52-36-31(44)30(38(7)8)32(22(3)49-36)51-29-19-37(6,45)35(23(4)48-29)50-24(5)40;13-1-3(15)10(7(18)8(19)11(21)22)24-12-9(20)6(17)5(16)4(2-14)23-12/h10-12,14,16,20-23,25-27,29-36,41-42,44-45H,13,15,17-19H2,1-9H3;3-10,12-20H,1-2H2,(H,21,22)/b11-10+,14-12+;/t20-,21-,22-,23+,25+,26+,27+,29+,30-,31-,32-,33+,34+,35+,36?,37-;3-,4-,5+,6+,7-,8-,9-,10-,12+/m11/s1. The fourth-order valence-corrected chi connectivity index (χ4v) is 9.59. The number of aliphatic carboxylic acids is 1. The van der Waals surface area contributed by atoms with Crippen LogP contribution in [0.4, 0.5) is 0 Å². The zero-order valence-corrected chi connectivity index (χ0v) is 44.3. The molecule has 0 bridgehead atoms. The van der Waals surface area contributed by atoms with Crippen LogP contribution in [0.3, 0.4) is 0 Å². The summed E-state index contributed by atoms with van der Waals surface area (Å²) in [5.41, 5.74) is -1.47. The van der Waals surface area contributed by atoms with Crippen LogP contribution in [-0.2, 0) is 61.8 Å². The highest BCUT2D eigenvalue weighted by Gasteiger charge is 2.53. The molecule has 0 aromatic rings. The Morgan fingerprint density at radius 3 is 2.09 bits per heavy atom. The summed E-state index contributed by atoms with van der Waals surface area (Å²) in [6.07, 6.45) is -21.0. The molecule has 13 N–H and O–H groups in total. The predicted molar refractivity (Wildman–Crippen MR) is 258 cm³/mol.